The van der Waals surface area contributed by atoms with Crippen molar-refractivity contribution in [3.8, 4) is 0 Å². The number of hydrogen-bond acceptors (Lipinski definition) is 4. The molecule has 1 aromatic heterocycles. The van der Waals surface area contributed by atoms with E-state index in [4.69, 9.17) is 4.42 Å². The molecule has 106 valence electrons. The van der Waals surface area contributed by atoms with Gasteiger partial charge in [0.25, 0.3) is 0 Å². The first-order valence-corrected chi connectivity index (χ1v) is 6.65. The van der Waals surface area contributed by atoms with Crippen LogP contribution >= 0.6 is 0 Å². The van der Waals surface area contributed by atoms with E-state index in [1.165, 1.54) is 12.7 Å². The van der Waals surface area contributed by atoms with Gasteiger partial charge in [0.05, 0.1) is 7.11 Å². The summed E-state index contributed by atoms with van der Waals surface area (Å²) in [6.45, 7) is 5.95. The van der Waals surface area contributed by atoms with Gasteiger partial charge in [-0.05, 0) is 42.8 Å². The number of methoxy groups -OCH3 is 1. The van der Waals surface area contributed by atoms with Crippen LogP contribution in [-0.4, -0.2) is 26.2 Å². The van der Waals surface area contributed by atoms with Gasteiger partial charge in [0.1, 0.15) is 5.58 Å². The maximum Gasteiger partial charge on any atom is 0.373 e. The van der Waals surface area contributed by atoms with Gasteiger partial charge in [0.15, 0.2) is 0 Å². The number of carbonyl (C=O) groups is 1. The number of likely N-dealkylation sites (N-methyl/N-ethyl adjacent to an activating group) is 1. The number of carbonyl (C=O) groups excluding carboxylic acids is 1. The summed E-state index contributed by atoms with van der Waals surface area (Å²) in [4.78, 5) is 11.4. The van der Waals surface area contributed by atoms with Crippen LogP contribution in [0.2, 0.25) is 0 Å². The van der Waals surface area contributed by atoms with E-state index >= 15 is 0 Å². The lowest BCUT2D eigenvalue weighted by molar-refractivity contribution is 0.0567. The van der Waals surface area contributed by atoms with Crippen LogP contribution in [0.15, 0.2) is 34.8 Å². The lowest BCUT2D eigenvalue weighted by atomic mass is 10.1. The van der Waals surface area contributed by atoms with Crippen molar-refractivity contribution < 1.29 is 13.9 Å². The first kappa shape index (κ1) is 14.3. The quantitative estimate of drug-likeness (QED) is 0.671. The zero-order chi connectivity index (χ0) is 14.5. The van der Waals surface area contributed by atoms with E-state index < -0.39 is 5.97 Å². The van der Waals surface area contributed by atoms with Gasteiger partial charge in [-0.25, -0.2) is 4.79 Å². The summed E-state index contributed by atoms with van der Waals surface area (Å²) in [7, 11) is 1.34. The molecule has 0 aliphatic carbocycles. The molecule has 0 atom stereocenters. The Morgan fingerprint density at radius 3 is 2.90 bits per heavy atom. The molecule has 4 heteroatoms. The van der Waals surface area contributed by atoms with Crippen molar-refractivity contribution in [3.63, 3.8) is 0 Å². The van der Waals surface area contributed by atoms with Gasteiger partial charge in [0.2, 0.25) is 5.76 Å². The first-order chi connectivity index (χ1) is 9.65. The van der Waals surface area contributed by atoms with Crippen LogP contribution in [0.25, 0.3) is 16.5 Å². The van der Waals surface area contributed by atoms with Crippen molar-refractivity contribution in [1.82, 2.24) is 5.32 Å². The maximum absolute atomic E-state index is 11.4. The highest BCUT2D eigenvalue weighted by atomic mass is 16.5. The topological polar surface area (TPSA) is 51.5 Å². The van der Waals surface area contributed by atoms with E-state index in [1.54, 1.807) is 6.07 Å². The van der Waals surface area contributed by atoms with Gasteiger partial charge in [-0.3, -0.25) is 0 Å². The Hall–Kier alpha value is -2.07. The molecule has 0 unspecified atom stereocenters. The molecule has 4 nitrogen and oxygen atoms in total. The number of fused-ring (bicyclic) bond motifs is 1. The SMILES string of the molecule is CCNC/C=C(\C)c1ccc2oc(C(=O)OC)cc2c1. The molecule has 2 rings (SSSR count). The fourth-order valence-electron chi connectivity index (χ4n) is 1.98. The van der Waals surface area contributed by atoms with Crippen LogP contribution in [0.1, 0.15) is 30.0 Å². The summed E-state index contributed by atoms with van der Waals surface area (Å²) in [5.41, 5.74) is 3.00. The summed E-state index contributed by atoms with van der Waals surface area (Å²) >= 11 is 0. The molecular weight excluding hydrogens is 254 g/mol. The molecule has 20 heavy (non-hydrogen) atoms. The number of ether oxygens (including phenoxy) is 1. The molecule has 0 saturated carbocycles. The molecule has 0 spiro atoms. The third kappa shape index (κ3) is 3.08. The van der Waals surface area contributed by atoms with Crippen LogP contribution in [-0.2, 0) is 4.74 Å². The molecule has 1 aromatic carbocycles. The Kier molecular flexibility index (Phi) is 4.58. The molecule has 0 amide bonds. The van der Waals surface area contributed by atoms with E-state index in [-0.39, 0.29) is 5.76 Å². The summed E-state index contributed by atoms with van der Waals surface area (Å²) in [5, 5.41) is 4.16. The van der Waals surface area contributed by atoms with E-state index in [0.29, 0.717) is 5.58 Å². The number of rotatable bonds is 5. The van der Waals surface area contributed by atoms with Crippen molar-refractivity contribution in [2.45, 2.75) is 13.8 Å². The number of esters is 1. The Morgan fingerprint density at radius 2 is 2.20 bits per heavy atom. The van der Waals surface area contributed by atoms with E-state index in [0.717, 1.165) is 24.0 Å². The van der Waals surface area contributed by atoms with Crippen LogP contribution in [0.3, 0.4) is 0 Å². The molecular formula is C16H19NO3. The Balaban J connectivity index is 2.29. The van der Waals surface area contributed by atoms with Crippen molar-refractivity contribution in [3.05, 3.63) is 41.7 Å². The Morgan fingerprint density at radius 1 is 1.40 bits per heavy atom. The molecule has 0 saturated heterocycles. The predicted octanol–water partition coefficient (Wildman–Crippen LogP) is 3.23. The average Bonchev–Trinajstić information content (AvgIpc) is 2.89. The second-order valence-corrected chi connectivity index (χ2v) is 4.55. The van der Waals surface area contributed by atoms with Crippen molar-refractivity contribution in [1.29, 1.82) is 0 Å². The molecule has 0 aliphatic rings. The highest BCUT2D eigenvalue weighted by Gasteiger charge is 2.12. The number of allylic oxidation sites excluding steroid dienone is 1. The lowest BCUT2D eigenvalue weighted by Gasteiger charge is -2.02. The van der Waals surface area contributed by atoms with Gasteiger partial charge in [-0.15, -0.1) is 0 Å². The molecule has 0 radical (unpaired) electrons. The van der Waals surface area contributed by atoms with Crippen LogP contribution in [0.5, 0.6) is 0 Å². The Labute approximate surface area is 118 Å². The van der Waals surface area contributed by atoms with E-state index in [1.807, 2.05) is 18.2 Å². The zero-order valence-electron chi connectivity index (χ0n) is 12.0. The highest BCUT2D eigenvalue weighted by Crippen LogP contribution is 2.24. The minimum Gasteiger partial charge on any atom is -0.463 e. The third-order valence-electron chi connectivity index (χ3n) is 3.16. The predicted molar refractivity (Wildman–Crippen MR) is 79.7 cm³/mol. The summed E-state index contributed by atoms with van der Waals surface area (Å²) in [5.74, 6) is -0.226. The number of benzene rings is 1. The van der Waals surface area contributed by atoms with E-state index in [9.17, 15) is 4.79 Å². The lowest BCUT2D eigenvalue weighted by Crippen LogP contribution is -2.11. The standard InChI is InChI=1S/C16H19NO3/c1-4-17-8-7-11(2)12-5-6-14-13(9-12)10-15(20-14)16(18)19-3/h5-7,9-10,17H,4,8H2,1-3H3/b11-7+. The minimum atomic E-state index is -0.456. The smallest absolute Gasteiger partial charge is 0.373 e. The zero-order valence-corrected chi connectivity index (χ0v) is 12.0. The third-order valence-corrected chi connectivity index (χ3v) is 3.16. The Bertz CT molecular complexity index is 640. The normalized spacial score (nSPS) is 11.8. The van der Waals surface area contributed by atoms with Gasteiger partial charge in [-0.1, -0.05) is 19.1 Å². The molecule has 1 N–H and O–H groups in total. The number of nitrogens with one attached hydrogen (secondary N) is 1. The molecule has 0 aliphatic heterocycles. The highest BCUT2D eigenvalue weighted by molar-refractivity contribution is 5.93. The minimum absolute atomic E-state index is 0.230. The van der Waals surface area contributed by atoms with Crippen LogP contribution in [0.4, 0.5) is 0 Å². The molecule has 2 aromatic rings. The molecule has 1 heterocycles. The van der Waals surface area contributed by atoms with Crippen molar-refractivity contribution in [2.24, 2.45) is 0 Å². The van der Waals surface area contributed by atoms with E-state index in [2.05, 4.69) is 30.0 Å². The number of hydrogen-bond donors (Lipinski definition) is 1. The second kappa shape index (κ2) is 6.39. The van der Waals surface area contributed by atoms with Crippen molar-refractivity contribution >= 4 is 22.5 Å². The maximum atomic E-state index is 11.4. The van der Waals surface area contributed by atoms with Crippen molar-refractivity contribution in [2.75, 3.05) is 20.2 Å². The van der Waals surface area contributed by atoms with Gasteiger partial charge >= 0.3 is 5.97 Å². The second-order valence-electron chi connectivity index (χ2n) is 4.55. The fraction of sp³-hybridized carbons (Fsp3) is 0.312. The van der Waals surface area contributed by atoms with Crippen LogP contribution < -0.4 is 5.32 Å². The van der Waals surface area contributed by atoms with Gasteiger partial charge < -0.3 is 14.5 Å². The monoisotopic (exact) mass is 273 g/mol. The molecule has 0 bridgehead atoms. The fourth-order valence-corrected chi connectivity index (χ4v) is 1.98. The van der Waals surface area contributed by atoms with Gasteiger partial charge in [0, 0.05) is 11.9 Å². The number of furan rings is 1. The summed E-state index contributed by atoms with van der Waals surface area (Å²) in [6.07, 6.45) is 2.14. The summed E-state index contributed by atoms with van der Waals surface area (Å²) < 4.78 is 10.1. The summed E-state index contributed by atoms with van der Waals surface area (Å²) in [6, 6.07) is 7.59. The average molecular weight is 273 g/mol. The van der Waals surface area contributed by atoms with Crippen LogP contribution in [0, 0.1) is 0 Å². The largest absolute Gasteiger partial charge is 0.463 e. The molecule has 0 fully saturated rings. The van der Waals surface area contributed by atoms with Gasteiger partial charge in [-0.2, -0.15) is 0 Å². The first-order valence-electron chi connectivity index (χ1n) is 6.65.